The van der Waals surface area contributed by atoms with Gasteiger partial charge in [-0.25, -0.2) is 15.0 Å². The van der Waals surface area contributed by atoms with Crippen molar-refractivity contribution in [2.75, 3.05) is 0 Å². The number of aromatic nitrogens is 4. The van der Waals surface area contributed by atoms with Crippen LogP contribution in [-0.2, 0) is 0 Å². The summed E-state index contributed by atoms with van der Waals surface area (Å²) in [6.45, 7) is 0. The molecule has 308 valence electrons. The second-order valence-corrected chi connectivity index (χ2v) is 16.2. The number of rotatable bonds is 7. The van der Waals surface area contributed by atoms with Gasteiger partial charge in [0.05, 0.1) is 26.3 Å². The van der Waals surface area contributed by atoms with Crippen molar-refractivity contribution in [1.29, 1.82) is 0 Å². The molecular formula is C61H38N4O. The summed E-state index contributed by atoms with van der Waals surface area (Å²) in [7, 11) is 0. The van der Waals surface area contributed by atoms with Crippen molar-refractivity contribution in [3.05, 3.63) is 230 Å². The molecule has 10 aromatic carbocycles. The minimum atomic E-state index is -0.473. The van der Waals surface area contributed by atoms with Crippen molar-refractivity contribution in [2.24, 2.45) is 0 Å². The summed E-state index contributed by atoms with van der Waals surface area (Å²) >= 11 is 0. The van der Waals surface area contributed by atoms with Crippen LogP contribution in [0, 0.1) is 0 Å². The molecule has 0 aliphatic carbocycles. The van der Waals surface area contributed by atoms with Gasteiger partial charge in [0.15, 0.2) is 17.5 Å². The standard InChI is InChI=1S/C61H38N4O/c1-2-16-39(17-3-1)41-34-35-57-53(38-41)51-30-15-29-48(58(51)66-57)43-21-13-23-45(37-43)60-62-59(44-22-12-20-42(36-44)47-28-14-19-40-18-4-5-24-46(40)47)63-61(64-60)52-27-8-11-33-56(52)65-54-31-9-6-25-49(54)50-26-7-10-32-55(50)65/h1-38H/i6D,7D,9D,25D,26D,31D,32D. The van der Waals surface area contributed by atoms with E-state index in [9.17, 15) is 2.74 Å². The zero-order chi connectivity index (χ0) is 49.6. The van der Waals surface area contributed by atoms with Gasteiger partial charge in [-0.2, -0.15) is 0 Å². The molecule has 0 aliphatic heterocycles. The van der Waals surface area contributed by atoms with E-state index in [1.807, 2.05) is 103 Å². The molecule has 0 fully saturated rings. The topological polar surface area (TPSA) is 56.7 Å². The molecule has 0 N–H and O–H groups in total. The fourth-order valence-corrected chi connectivity index (χ4v) is 9.29. The van der Waals surface area contributed by atoms with Gasteiger partial charge in [-0.3, -0.25) is 0 Å². The molecule has 0 amide bonds. The zero-order valence-electron chi connectivity index (χ0n) is 42.1. The van der Waals surface area contributed by atoms with Crippen LogP contribution in [0.3, 0.4) is 0 Å². The van der Waals surface area contributed by atoms with E-state index in [0.717, 1.165) is 71.7 Å². The monoisotopic (exact) mass is 849 g/mol. The molecule has 13 aromatic rings. The van der Waals surface area contributed by atoms with Gasteiger partial charge >= 0.3 is 0 Å². The molecule has 0 bridgehead atoms. The Hall–Kier alpha value is -8.93. The Morgan fingerprint density at radius 1 is 0.364 bits per heavy atom. The Morgan fingerprint density at radius 3 is 1.80 bits per heavy atom. The van der Waals surface area contributed by atoms with Gasteiger partial charge in [0, 0.05) is 43.8 Å². The summed E-state index contributed by atoms with van der Waals surface area (Å²) in [6.07, 6.45) is 0. The van der Waals surface area contributed by atoms with Gasteiger partial charge in [0.2, 0.25) is 0 Å². The van der Waals surface area contributed by atoms with Crippen LogP contribution in [0.2, 0.25) is 0 Å². The second-order valence-electron chi connectivity index (χ2n) is 16.2. The molecule has 0 saturated heterocycles. The highest BCUT2D eigenvalue weighted by atomic mass is 16.3. The minimum absolute atomic E-state index is 0.0543. The lowest BCUT2D eigenvalue weighted by molar-refractivity contribution is 0.670. The molecule has 13 rings (SSSR count). The maximum atomic E-state index is 9.24. The molecule has 0 unspecified atom stereocenters. The van der Waals surface area contributed by atoms with Gasteiger partial charge in [-0.1, -0.05) is 182 Å². The summed E-state index contributed by atoms with van der Waals surface area (Å²) in [4.78, 5) is 15.6. The average Bonchev–Trinajstić information content (AvgIpc) is 4.01. The fourth-order valence-electron chi connectivity index (χ4n) is 9.29. The Balaban J connectivity index is 1.03. The highest BCUT2D eigenvalue weighted by Crippen LogP contribution is 2.40. The number of hydrogen-bond acceptors (Lipinski definition) is 4. The van der Waals surface area contributed by atoms with Crippen LogP contribution in [0.5, 0.6) is 0 Å². The Bertz CT molecular complexity index is 4430. The van der Waals surface area contributed by atoms with Crippen molar-refractivity contribution in [2.45, 2.75) is 0 Å². The Morgan fingerprint density at radius 2 is 0.955 bits per heavy atom. The number of fused-ring (bicyclic) bond motifs is 7. The first kappa shape index (κ1) is 31.0. The molecule has 5 heteroatoms. The molecule has 0 aliphatic rings. The predicted octanol–water partition coefficient (Wildman–Crippen LogP) is 16.0. The van der Waals surface area contributed by atoms with Crippen LogP contribution >= 0.6 is 0 Å². The highest BCUT2D eigenvalue weighted by molar-refractivity contribution is 6.11. The summed E-state index contributed by atoms with van der Waals surface area (Å²) in [6, 6.07) is 59.6. The van der Waals surface area contributed by atoms with Gasteiger partial charge in [0.25, 0.3) is 0 Å². The lowest BCUT2D eigenvalue weighted by atomic mass is 9.97. The van der Waals surface area contributed by atoms with E-state index in [0.29, 0.717) is 28.5 Å². The van der Waals surface area contributed by atoms with E-state index in [1.54, 1.807) is 16.7 Å². The Labute approximate surface area is 390 Å². The van der Waals surface area contributed by atoms with Gasteiger partial charge in [-0.15, -0.1) is 0 Å². The van der Waals surface area contributed by atoms with E-state index in [1.165, 1.54) is 6.07 Å². The van der Waals surface area contributed by atoms with Crippen molar-refractivity contribution in [1.82, 2.24) is 19.5 Å². The van der Waals surface area contributed by atoms with Crippen LogP contribution in [-0.4, -0.2) is 19.5 Å². The first-order valence-corrected chi connectivity index (χ1v) is 21.7. The van der Waals surface area contributed by atoms with Crippen LogP contribution in [0.25, 0.3) is 128 Å². The zero-order valence-corrected chi connectivity index (χ0v) is 35.1. The van der Waals surface area contributed by atoms with Gasteiger partial charge in [-0.05, 0) is 87.1 Å². The van der Waals surface area contributed by atoms with Crippen molar-refractivity contribution in [3.63, 3.8) is 0 Å². The number of benzene rings is 10. The molecule has 0 saturated carbocycles. The summed E-state index contributed by atoms with van der Waals surface area (Å²) in [5.74, 6) is 1.01. The first-order valence-electron chi connectivity index (χ1n) is 25.2. The molecule has 0 spiro atoms. The van der Waals surface area contributed by atoms with E-state index in [2.05, 4.69) is 66.7 Å². The van der Waals surface area contributed by atoms with Crippen LogP contribution in [0.1, 0.15) is 9.60 Å². The SMILES string of the molecule is [2H]c1cc([2H])c2c(c1[2H])c1c([2H])c([2H])c([2H])c([2H])c1n2-c1ccccc1-c1nc(-c2cccc(-c3cccc4ccccc34)c2)nc(-c2cccc(-c3cccc4c3oc3ccc(-c5ccccc5)cc34)c2)n1. The third kappa shape index (κ3) is 6.28. The van der Waals surface area contributed by atoms with Crippen LogP contribution < -0.4 is 0 Å². The van der Waals surface area contributed by atoms with Crippen molar-refractivity contribution < 1.29 is 14.0 Å². The summed E-state index contributed by atoms with van der Waals surface area (Å²) in [5.41, 5.74) is 10.1. The lowest BCUT2D eigenvalue weighted by Crippen LogP contribution is -2.03. The van der Waals surface area contributed by atoms with Crippen molar-refractivity contribution in [3.8, 4) is 73.2 Å². The predicted molar refractivity (Wildman–Crippen MR) is 272 cm³/mol. The molecule has 3 heterocycles. The maximum Gasteiger partial charge on any atom is 0.166 e. The van der Waals surface area contributed by atoms with Crippen molar-refractivity contribution >= 4 is 54.5 Å². The first-order chi connectivity index (χ1) is 35.6. The highest BCUT2D eigenvalue weighted by Gasteiger charge is 2.20. The Kier molecular flexibility index (Phi) is 7.24. The molecule has 5 nitrogen and oxygen atoms in total. The molecule has 66 heavy (non-hydrogen) atoms. The number of hydrogen-bond donors (Lipinski definition) is 0. The largest absolute Gasteiger partial charge is 0.455 e. The maximum absolute atomic E-state index is 9.24. The summed E-state index contributed by atoms with van der Waals surface area (Å²) in [5, 5.41) is 4.37. The minimum Gasteiger partial charge on any atom is -0.455 e. The molecular weight excluding hydrogens is 805 g/mol. The van der Waals surface area contributed by atoms with E-state index >= 15 is 0 Å². The third-order valence-electron chi connectivity index (χ3n) is 12.4. The fraction of sp³-hybridized carbons (Fsp3) is 0. The van der Waals surface area contributed by atoms with Gasteiger partial charge < -0.3 is 8.98 Å². The normalized spacial score (nSPS) is 13.1. The van der Waals surface area contributed by atoms with E-state index < -0.39 is 12.1 Å². The molecule has 0 radical (unpaired) electrons. The van der Waals surface area contributed by atoms with Crippen LogP contribution in [0.4, 0.5) is 0 Å². The molecule has 0 atom stereocenters. The van der Waals surface area contributed by atoms with Crippen LogP contribution in [0.15, 0.2) is 235 Å². The quantitative estimate of drug-likeness (QED) is 0.160. The summed E-state index contributed by atoms with van der Waals surface area (Å²) < 4.78 is 70.7. The lowest BCUT2D eigenvalue weighted by Gasteiger charge is -2.15. The molecule has 3 aromatic heterocycles. The van der Waals surface area contributed by atoms with E-state index in [4.69, 9.17) is 26.2 Å². The number of para-hydroxylation sites is 4. The second kappa shape index (κ2) is 15.4. The average molecular weight is 850 g/mol. The third-order valence-corrected chi connectivity index (χ3v) is 12.4. The van der Waals surface area contributed by atoms with E-state index in [-0.39, 0.29) is 57.8 Å². The van der Waals surface area contributed by atoms with Gasteiger partial charge in [0.1, 0.15) is 11.2 Å². The number of furan rings is 1. The smallest absolute Gasteiger partial charge is 0.166 e. The number of nitrogens with zero attached hydrogens (tertiary/aromatic N) is 4.